The highest BCUT2D eigenvalue weighted by molar-refractivity contribution is 9.10. The molecule has 166 valence electrons. The lowest BCUT2D eigenvalue weighted by Crippen LogP contribution is -2.24. The van der Waals surface area contributed by atoms with Crippen LogP contribution in [0.25, 0.3) is 0 Å². The van der Waals surface area contributed by atoms with Crippen LogP contribution in [-0.4, -0.2) is 18.7 Å². The summed E-state index contributed by atoms with van der Waals surface area (Å²) in [6, 6.07) is 23.3. The number of nitrogens with one attached hydrogen (secondary N) is 1. The van der Waals surface area contributed by atoms with Gasteiger partial charge in [-0.05, 0) is 56.7 Å². The van der Waals surface area contributed by atoms with Gasteiger partial charge in [0.1, 0.15) is 18.1 Å². The molecule has 3 aromatic rings. The number of carbonyl (C=O) groups excluding carboxylic acids is 1. The smallest absolute Gasteiger partial charge is 0.277 e. The number of hydrogen-bond acceptors (Lipinski definition) is 4. The Hall–Kier alpha value is -3.12. The summed E-state index contributed by atoms with van der Waals surface area (Å²) in [4.78, 5) is 12.1. The van der Waals surface area contributed by atoms with Crippen LogP contribution in [0.2, 0.25) is 0 Å². The number of hydrazone groups is 1. The molecule has 5 nitrogen and oxygen atoms in total. The van der Waals surface area contributed by atoms with E-state index in [1.54, 1.807) is 6.21 Å². The third kappa shape index (κ3) is 6.95. The Labute approximate surface area is 197 Å². The predicted molar refractivity (Wildman–Crippen MR) is 131 cm³/mol. The molecule has 3 aromatic carbocycles. The number of carbonyl (C=O) groups is 1. The maximum absolute atomic E-state index is 12.1. The second-order valence-corrected chi connectivity index (χ2v) is 9.14. The summed E-state index contributed by atoms with van der Waals surface area (Å²) in [5.74, 6) is 0.945. The Balaban J connectivity index is 1.52. The van der Waals surface area contributed by atoms with Gasteiger partial charge in [0.25, 0.3) is 5.91 Å². The largest absolute Gasteiger partial charge is 0.488 e. The topological polar surface area (TPSA) is 59.9 Å². The molecule has 0 aliphatic rings. The molecular weight excluding hydrogens is 468 g/mol. The van der Waals surface area contributed by atoms with Gasteiger partial charge in [0, 0.05) is 5.56 Å². The molecule has 0 saturated heterocycles. The van der Waals surface area contributed by atoms with E-state index in [0.717, 1.165) is 15.6 Å². The van der Waals surface area contributed by atoms with Gasteiger partial charge in [-0.1, -0.05) is 69.3 Å². The van der Waals surface area contributed by atoms with Crippen LogP contribution in [0.15, 0.2) is 82.4 Å². The van der Waals surface area contributed by atoms with Crippen molar-refractivity contribution < 1.29 is 14.3 Å². The first kappa shape index (κ1) is 23.5. The van der Waals surface area contributed by atoms with Crippen LogP contribution in [-0.2, 0) is 16.8 Å². The fraction of sp³-hybridized carbons (Fsp3) is 0.231. The Kier molecular flexibility index (Phi) is 8.06. The first-order valence-electron chi connectivity index (χ1n) is 10.3. The van der Waals surface area contributed by atoms with Gasteiger partial charge in [0.05, 0.1) is 10.7 Å². The maximum Gasteiger partial charge on any atom is 0.277 e. The van der Waals surface area contributed by atoms with E-state index in [1.165, 1.54) is 5.56 Å². The van der Waals surface area contributed by atoms with Gasteiger partial charge in [0.2, 0.25) is 0 Å². The Morgan fingerprint density at radius 2 is 1.69 bits per heavy atom. The van der Waals surface area contributed by atoms with Crippen molar-refractivity contribution in [3.63, 3.8) is 0 Å². The lowest BCUT2D eigenvalue weighted by Gasteiger charge is -2.20. The van der Waals surface area contributed by atoms with Crippen molar-refractivity contribution in [3.8, 4) is 11.5 Å². The zero-order valence-electron chi connectivity index (χ0n) is 18.5. The van der Waals surface area contributed by atoms with Crippen LogP contribution >= 0.6 is 15.9 Å². The predicted octanol–water partition coefficient (Wildman–Crippen LogP) is 5.85. The summed E-state index contributed by atoms with van der Waals surface area (Å²) in [6.45, 7) is 6.74. The highest BCUT2D eigenvalue weighted by atomic mass is 79.9. The first-order chi connectivity index (χ1) is 15.3. The number of benzene rings is 3. The lowest BCUT2D eigenvalue weighted by molar-refractivity contribution is -0.123. The van der Waals surface area contributed by atoms with E-state index in [0.29, 0.717) is 18.1 Å². The molecule has 0 heterocycles. The summed E-state index contributed by atoms with van der Waals surface area (Å²) in [6.07, 6.45) is 1.56. The third-order valence-electron chi connectivity index (χ3n) is 4.71. The van der Waals surface area contributed by atoms with Crippen LogP contribution in [0.3, 0.4) is 0 Å². The van der Waals surface area contributed by atoms with E-state index < -0.39 is 0 Å². The van der Waals surface area contributed by atoms with Gasteiger partial charge in [-0.2, -0.15) is 5.10 Å². The quantitative estimate of drug-likeness (QED) is 0.315. The number of nitrogens with zero attached hydrogens (tertiary/aromatic N) is 1. The van der Waals surface area contributed by atoms with Crippen molar-refractivity contribution in [2.75, 3.05) is 6.61 Å². The van der Waals surface area contributed by atoms with Crippen LogP contribution in [0, 0.1) is 0 Å². The highest BCUT2D eigenvalue weighted by Gasteiger charge is 2.15. The van der Waals surface area contributed by atoms with Crippen molar-refractivity contribution in [2.45, 2.75) is 32.8 Å². The van der Waals surface area contributed by atoms with Gasteiger partial charge >= 0.3 is 0 Å². The number of halogens is 1. The lowest BCUT2D eigenvalue weighted by atomic mass is 9.87. The van der Waals surface area contributed by atoms with Crippen molar-refractivity contribution in [1.82, 2.24) is 5.43 Å². The minimum absolute atomic E-state index is 0.0360. The normalized spacial score (nSPS) is 11.4. The molecule has 32 heavy (non-hydrogen) atoms. The average Bonchev–Trinajstić information content (AvgIpc) is 2.77. The van der Waals surface area contributed by atoms with Crippen molar-refractivity contribution in [3.05, 3.63) is 94.0 Å². The number of ether oxygens (including phenoxy) is 2. The number of rotatable bonds is 8. The monoisotopic (exact) mass is 494 g/mol. The molecule has 1 N–H and O–H groups in total. The van der Waals surface area contributed by atoms with Crippen molar-refractivity contribution in [2.24, 2.45) is 5.10 Å². The molecule has 3 rings (SSSR count). The Morgan fingerprint density at radius 1 is 0.969 bits per heavy atom. The van der Waals surface area contributed by atoms with Crippen LogP contribution < -0.4 is 14.9 Å². The minimum Gasteiger partial charge on any atom is -0.488 e. The van der Waals surface area contributed by atoms with Crippen molar-refractivity contribution in [1.29, 1.82) is 0 Å². The summed E-state index contributed by atoms with van der Waals surface area (Å²) < 4.78 is 12.3. The van der Waals surface area contributed by atoms with E-state index in [4.69, 9.17) is 9.47 Å². The molecule has 1 amide bonds. The van der Waals surface area contributed by atoms with Gasteiger partial charge in [0.15, 0.2) is 6.61 Å². The van der Waals surface area contributed by atoms with Crippen molar-refractivity contribution >= 4 is 28.1 Å². The van der Waals surface area contributed by atoms with E-state index in [-0.39, 0.29) is 17.9 Å². The molecule has 0 fully saturated rings. The fourth-order valence-electron chi connectivity index (χ4n) is 2.89. The fourth-order valence-corrected chi connectivity index (χ4v) is 3.38. The Bertz CT molecular complexity index is 1080. The summed E-state index contributed by atoms with van der Waals surface area (Å²) >= 11 is 3.51. The molecule has 6 heteroatoms. The van der Waals surface area contributed by atoms with Gasteiger partial charge in [-0.15, -0.1) is 0 Å². The molecule has 0 aliphatic carbocycles. The van der Waals surface area contributed by atoms with Crippen LogP contribution in [0.1, 0.15) is 37.5 Å². The van der Waals surface area contributed by atoms with Gasteiger partial charge in [-0.25, -0.2) is 5.43 Å². The molecule has 0 unspecified atom stereocenters. The molecule has 0 atom stereocenters. The maximum atomic E-state index is 12.1. The SMILES string of the molecule is CC(C)(C)c1ccc(OCC(=O)N/N=C/c2ccccc2OCc2ccccc2)c(Br)c1. The Morgan fingerprint density at radius 3 is 2.41 bits per heavy atom. The van der Waals surface area contributed by atoms with Crippen LogP contribution in [0.4, 0.5) is 0 Å². The van der Waals surface area contributed by atoms with E-state index >= 15 is 0 Å². The van der Waals surface area contributed by atoms with E-state index in [2.05, 4.69) is 47.2 Å². The van der Waals surface area contributed by atoms with E-state index in [1.807, 2.05) is 72.8 Å². The van der Waals surface area contributed by atoms with Crippen LogP contribution in [0.5, 0.6) is 11.5 Å². The standard InChI is InChI=1S/C26H27BrN2O3/c1-26(2,3)21-13-14-24(22(27)15-21)32-18-25(30)29-28-16-20-11-7-8-12-23(20)31-17-19-9-5-4-6-10-19/h4-16H,17-18H2,1-3H3,(H,29,30)/b28-16+. The molecule has 0 radical (unpaired) electrons. The number of amides is 1. The summed E-state index contributed by atoms with van der Waals surface area (Å²) in [5, 5.41) is 4.04. The third-order valence-corrected chi connectivity index (χ3v) is 5.33. The van der Waals surface area contributed by atoms with Gasteiger partial charge in [-0.3, -0.25) is 4.79 Å². The molecule has 0 spiro atoms. The zero-order valence-corrected chi connectivity index (χ0v) is 20.1. The second kappa shape index (κ2) is 11.0. The number of para-hydroxylation sites is 1. The summed E-state index contributed by atoms with van der Waals surface area (Å²) in [5.41, 5.74) is 5.55. The minimum atomic E-state index is -0.351. The van der Waals surface area contributed by atoms with Gasteiger partial charge < -0.3 is 9.47 Å². The first-order valence-corrected chi connectivity index (χ1v) is 11.1. The molecule has 0 bridgehead atoms. The average molecular weight is 495 g/mol. The molecular formula is C26H27BrN2O3. The highest BCUT2D eigenvalue weighted by Crippen LogP contribution is 2.31. The molecule has 0 saturated carbocycles. The summed E-state index contributed by atoms with van der Waals surface area (Å²) in [7, 11) is 0. The second-order valence-electron chi connectivity index (χ2n) is 8.29. The number of hydrogen-bond donors (Lipinski definition) is 1. The van der Waals surface area contributed by atoms with E-state index in [9.17, 15) is 4.79 Å². The zero-order chi connectivity index (χ0) is 23.0. The molecule has 0 aromatic heterocycles. The molecule has 0 aliphatic heterocycles.